The second-order valence-corrected chi connectivity index (χ2v) is 5.34. The van der Waals surface area contributed by atoms with Crippen LogP contribution in [0.1, 0.15) is 72.1 Å². The fraction of sp³-hybridized carbons (Fsp3) is 0.875. The van der Waals surface area contributed by atoms with Gasteiger partial charge >= 0.3 is 5.97 Å². The average Bonchev–Trinajstić information content (AvgIpc) is 2.42. The molecule has 0 saturated heterocycles. The molecule has 1 unspecified atom stereocenters. The zero-order valence-corrected chi connectivity index (χ0v) is 13.4. The minimum absolute atomic E-state index is 0.201. The molecule has 1 N–H and O–H groups in total. The first-order valence-corrected chi connectivity index (χ1v) is 8.07. The summed E-state index contributed by atoms with van der Waals surface area (Å²) in [6.07, 6.45) is 6.87. The predicted molar refractivity (Wildman–Crippen MR) is 81.7 cm³/mol. The molecular weight excluding hydrogens is 254 g/mol. The van der Waals surface area contributed by atoms with Gasteiger partial charge in [0.25, 0.3) is 0 Å². The SMILES string of the molecule is CCCCC(CCCCCC(=O)N(CC)CC)C(=O)O. The van der Waals surface area contributed by atoms with Gasteiger partial charge in [0, 0.05) is 19.5 Å². The summed E-state index contributed by atoms with van der Waals surface area (Å²) < 4.78 is 0. The first kappa shape index (κ1) is 18.9. The topological polar surface area (TPSA) is 57.6 Å². The number of hydrogen-bond donors (Lipinski definition) is 1. The van der Waals surface area contributed by atoms with E-state index in [0.29, 0.717) is 6.42 Å². The van der Waals surface area contributed by atoms with Crippen LogP contribution >= 0.6 is 0 Å². The molecule has 0 fully saturated rings. The van der Waals surface area contributed by atoms with E-state index in [0.717, 1.165) is 58.0 Å². The van der Waals surface area contributed by atoms with Crippen molar-refractivity contribution in [2.75, 3.05) is 13.1 Å². The van der Waals surface area contributed by atoms with E-state index in [2.05, 4.69) is 6.92 Å². The summed E-state index contributed by atoms with van der Waals surface area (Å²) in [4.78, 5) is 24.7. The van der Waals surface area contributed by atoms with Gasteiger partial charge in [0.05, 0.1) is 5.92 Å². The highest BCUT2D eigenvalue weighted by Crippen LogP contribution is 2.17. The smallest absolute Gasteiger partial charge is 0.306 e. The van der Waals surface area contributed by atoms with E-state index in [1.807, 2.05) is 18.7 Å². The number of carboxylic acid groups (broad SMARTS) is 1. The fourth-order valence-electron chi connectivity index (χ4n) is 2.42. The Hall–Kier alpha value is -1.06. The largest absolute Gasteiger partial charge is 0.481 e. The Morgan fingerprint density at radius 1 is 0.950 bits per heavy atom. The summed E-state index contributed by atoms with van der Waals surface area (Å²) in [7, 11) is 0. The molecule has 0 rings (SSSR count). The predicted octanol–water partition coefficient (Wildman–Crippen LogP) is 3.70. The maximum atomic E-state index is 11.8. The lowest BCUT2D eigenvalue weighted by Gasteiger charge is -2.18. The highest BCUT2D eigenvalue weighted by Gasteiger charge is 2.16. The number of rotatable bonds is 12. The van der Waals surface area contributed by atoms with Crippen LogP contribution in [0.25, 0.3) is 0 Å². The van der Waals surface area contributed by atoms with E-state index in [9.17, 15) is 9.59 Å². The van der Waals surface area contributed by atoms with Crippen LogP contribution in [0.5, 0.6) is 0 Å². The van der Waals surface area contributed by atoms with Crippen molar-refractivity contribution in [2.45, 2.75) is 72.1 Å². The summed E-state index contributed by atoms with van der Waals surface area (Å²) in [6.45, 7) is 7.61. The molecule has 0 aromatic rings. The van der Waals surface area contributed by atoms with E-state index >= 15 is 0 Å². The summed E-state index contributed by atoms with van der Waals surface area (Å²) in [5.74, 6) is -0.651. The zero-order chi connectivity index (χ0) is 15.4. The van der Waals surface area contributed by atoms with Gasteiger partial charge in [-0.1, -0.05) is 32.6 Å². The van der Waals surface area contributed by atoms with E-state index < -0.39 is 5.97 Å². The van der Waals surface area contributed by atoms with Crippen molar-refractivity contribution in [3.05, 3.63) is 0 Å². The van der Waals surface area contributed by atoms with Gasteiger partial charge in [0.2, 0.25) is 5.91 Å². The van der Waals surface area contributed by atoms with Crippen LogP contribution < -0.4 is 0 Å². The molecule has 0 saturated carbocycles. The summed E-state index contributed by atoms with van der Waals surface area (Å²) in [6, 6.07) is 0. The molecule has 0 heterocycles. The number of carbonyl (C=O) groups is 2. The third-order valence-electron chi connectivity index (χ3n) is 3.81. The van der Waals surface area contributed by atoms with Gasteiger partial charge in [-0.25, -0.2) is 0 Å². The van der Waals surface area contributed by atoms with Crippen molar-refractivity contribution in [1.82, 2.24) is 4.90 Å². The van der Waals surface area contributed by atoms with Crippen LogP contribution in [0.2, 0.25) is 0 Å². The van der Waals surface area contributed by atoms with Crippen LogP contribution in [0.4, 0.5) is 0 Å². The number of carboxylic acids is 1. The Morgan fingerprint density at radius 3 is 2.05 bits per heavy atom. The monoisotopic (exact) mass is 285 g/mol. The minimum atomic E-state index is -0.669. The highest BCUT2D eigenvalue weighted by molar-refractivity contribution is 5.76. The molecule has 0 aliphatic carbocycles. The van der Waals surface area contributed by atoms with Gasteiger partial charge in [0.15, 0.2) is 0 Å². The number of hydrogen-bond acceptors (Lipinski definition) is 2. The van der Waals surface area contributed by atoms with Crippen molar-refractivity contribution in [1.29, 1.82) is 0 Å². The lowest BCUT2D eigenvalue weighted by atomic mass is 9.95. The van der Waals surface area contributed by atoms with Crippen LogP contribution in [0, 0.1) is 5.92 Å². The quantitative estimate of drug-likeness (QED) is 0.556. The van der Waals surface area contributed by atoms with Gasteiger partial charge < -0.3 is 10.0 Å². The average molecular weight is 285 g/mol. The van der Waals surface area contributed by atoms with Gasteiger partial charge in [-0.2, -0.15) is 0 Å². The second-order valence-electron chi connectivity index (χ2n) is 5.34. The first-order chi connectivity index (χ1) is 9.56. The lowest BCUT2D eigenvalue weighted by molar-refractivity contribution is -0.142. The van der Waals surface area contributed by atoms with Crippen LogP contribution in [-0.2, 0) is 9.59 Å². The molecule has 0 spiro atoms. The maximum absolute atomic E-state index is 11.8. The van der Waals surface area contributed by atoms with Crippen LogP contribution in [0.3, 0.4) is 0 Å². The Morgan fingerprint density at radius 2 is 1.55 bits per heavy atom. The Bertz CT molecular complexity index is 275. The highest BCUT2D eigenvalue weighted by atomic mass is 16.4. The van der Waals surface area contributed by atoms with Crippen molar-refractivity contribution >= 4 is 11.9 Å². The van der Waals surface area contributed by atoms with Crippen LogP contribution in [0.15, 0.2) is 0 Å². The lowest BCUT2D eigenvalue weighted by Crippen LogP contribution is -2.30. The Kier molecular flexibility index (Phi) is 11.1. The molecular formula is C16H31NO3. The molecule has 4 nitrogen and oxygen atoms in total. The third kappa shape index (κ3) is 8.18. The molecule has 0 aliphatic rings. The van der Waals surface area contributed by atoms with Crippen LogP contribution in [-0.4, -0.2) is 35.0 Å². The van der Waals surface area contributed by atoms with E-state index in [1.54, 1.807) is 0 Å². The van der Waals surface area contributed by atoms with E-state index in [1.165, 1.54) is 0 Å². The van der Waals surface area contributed by atoms with Gasteiger partial charge in [-0.15, -0.1) is 0 Å². The fourth-order valence-corrected chi connectivity index (χ4v) is 2.42. The molecule has 4 heteroatoms. The number of amides is 1. The third-order valence-corrected chi connectivity index (χ3v) is 3.81. The summed E-state index contributed by atoms with van der Waals surface area (Å²) >= 11 is 0. The normalized spacial score (nSPS) is 12.2. The second kappa shape index (κ2) is 11.7. The van der Waals surface area contributed by atoms with Gasteiger partial charge in [-0.3, -0.25) is 9.59 Å². The maximum Gasteiger partial charge on any atom is 0.306 e. The number of unbranched alkanes of at least 4 members (excludes halogenated alkanes) is 3. The van der Waals surface area contributed by atoms with Crippen molar-refractivity contribution in [3.8, 4) is 0 Å². The number of aliphatic carboxylic acids is 1. The Balaban J connectivity index is 3.78. The first-order valence-electron chi connectivity index (χ1n) is 8.07. The van der Waals surface area contributed by atoms with E-state index in [4.69, 9.17) is 5.11 Å². The number of carbonyl (C=O) groups excluding carboxylic acids is 1. The summed E-state index contributed by atoms with van der Waals surface area (Å²) in [5, 5.41) is 9.12. The standard InChI is InChI=1S/C16H31NO3/c1-4-7-11-14(16(19)20)12-9-8-10-13-15(18)17(5-2)6-3/h14H,4-13H2,1-3H3,(H,19,20). The number of nitrogens with zero attached hydrogens (tertiary/aromatic N) is 1. The van der Waals surface area contributed by atoms with Gasteiger partial charge in [-0.05, 0) is 33.1 Å². The molecule has 1 amide bonds. The zero-order valence-electron chi connectivity index (χ0n) is 13.4. The van der Waals surface area contributed by atoms with Crippen molar-refractivity contribution in [2.24, 2.45) is 5.92 Å². The molecule has 0 aliphatic heterocycles. The van der Waals surface area contributed by atoms with E-state index in [-0.39, 0.29) is 11.8 Å². The molecule has 0 aromatic heterocycles. The molecule has 20 heavy (non-hydrogen) atoms. The summed E-state index contributed by atoms with van der Waals surface area (Å²) in [5.41, 5.74) is 0. The molecule has 118 valence electrons. The molecule has 0 radical (unpaired) electrons. The molecule has 0 aromatic carbocycles. The Labute approximate surface area is 123 Å². The van der Waals surface area contributed by atoms with Gasteiger partial charge in [0.1, 0.15) is 0 Å². The minimum Gasteiger partial charge on any atom is -0.481 e. The molecule has 0 bridgehead atoms. The van der Waals surface area contributed by atoms with Crippen molar-refractivity contribution in [3.63, 3.8) is 0 Å². The van der Waals surface area contributed by atoms with Crippen molar-refractivity contribution < 1.29 is 14.7 Å². The molecule has 1 atom stereocenters.